The third-order valence-corrected chi connectivity index (χ3v) is 3.26. The van der Waals surface area contributed by atoms with Crippen LogP contribution in [0.2, 0.25) is 0 Å². The molecule has 8 heteroatoms. The largest absolute Gasteiger partial charge is 0.494 e. The van der Waals surface area contributed by atoms with E-state index in [1.807, 2.05) is 6.92 Å². The summed E-state index contributed by atoms with van der Waals surface area (Å²) in [6, 6.07) is 6.38. The SMILES string of the molecule is CCN(Cc1ccc(OC)c(F)c1)C(=O)Cn1cnc(C#N)n1. The first-order valence-electron chi connectivity index (χ1n) is 6.97. The molecule has 0 N–H and O–H groups in total. The van der Waals surface area contributed by atoms with E-state index in [-0.39, 0.29) is 30.6 Å². The van der Waals surface area contributed by atoms with Crippen LogP contribution in [-0.4, -0.2) is 39.2 Å². The number of rotatable bonds is 6. The second-order valence-electron chi connectivity index (χ2n) is 4.75. The van der Waals surface area contributed by atoms with Gasteiger partial charge in [0.05, 0.1) is 7.11 Å². The molecule has 0 fully saturated rings. The van der Waals surface area contributed by atoms with Crippen LogP contribution in [0.15, 0.2) is 24.5 Å². The Hall–Kier alpha value is -2.95. The molecule has 7 nitrogen and oxygen atoms in total. The average molecular weight is 317 g/mol. The van der Waals surface area contributed by atoms with Crippen LogP contribution in [0.25, 0.3) is 0 Å². The Morgan fingerprint density at radius 3 is 2.87 bits per heavy atom. The number of likely N-dealkylation sites (N-methyl/N-ethyl adjacent to an activating group) is 1. The Kier molecular flexibility index (Phi) is 5.25. The van der Waals surface area contributed by atoms with Crippen LogP contribution >= 0.6 is 0 Å². The summed E-state index contributed by atoms with van der Waals surface area (Å²) in [6.07, 6.45) is 1.33. The first kappa shape index (κ1) is 16.4. The molecule has 2 aromatic rings. The van der Waals surface area contributed by atoms with Gasteiger partial charge in [-0.25, -0.2) is 14.1 Å². The molecular weight excluding hydrogens is 301 g/mol. The molecule has 2 rings (SSSR count). The number of aromatic nitrogens is 3. The molecular formula is C15H16FN5O2. The number of halogens is 1. The summed E-state index contributed by atoms with van der Waals surface area (Å²) in [5.41, 5.74) is 0.662. The molecule has 1 heterocycles. The molecule has 0 radical (unpaired) electrons. The maximum absolute atomic E-state index is 13.7. The number of nitrogens with zero attached hydrogens (tertiary/aromatic N) is 5. The summed E-state index contributed by atoms with van der Waals surface area (Å²) in [5.74, 6) is -0.491. The third kappa shape index (κ3) is 4.03. The molecule has 0 aliphatic heterocycles. The van der Waals surface area contributed by atoms with Crippen LogP contribution in [0.1, 0.15) is 18.3 Å². The predicted octanol–water partition coefficient (Wildman–Crippen LogP) is 1.35. The van der Waals surface area contributed by atoms with Crippen molar-refractivity contribution >= 4 is 5.91 Å². The average Bonchev–Trinajstić information content (AvgIpc) is 3.00. The summed E-state index contributed by atoms with van der Waals surface area (Å²) in [6.45, 7) is 2.54. The predicted molar refractivity (Wildman–Crippen MR) is 78.8 cm³/mol. The summed E-state index contributed by atoms with van der Waals surface area (Å²) in [7, 11) is 1.40. The number of benzene rings is 1. The number of ether oxygens (including phenoxy) is 1. The molecule has 0 saturated carbocycles. The molecule has 1 amide bonds. The Morgan fingerprint density at radius 2 is 2.30 bits per heavy atom. The summed E-state index contributed by atoms with van der Waals surface area (Å²) < 4.78 is 19.9. The lowest BCUT2D eigenvalue weighted by molar-refractivity contribution is -0.132. The molecule has 0 bridgehead atoms. The Balaban J connectivity index is 2.05. The highest BCUT2D eigenvalue weighted by atomic mass is 19.1. The highest BCUT2D eigenvalue weighted by Gasteiger charge is 2.15. The van der Waals surface area contributed by atoms with Crippen LogP contribution < -0.4 is 4.74 Å². The quantitative estimate of drug-likeness (QED) is 0.803. The van der Waals surface area contributed by atoms with Crippen molar-refractivity contribution in [3.63, 3.8) is 0 Å². The first-order valence-corrected chi connectivity index (χ1v) is 6.97. The fraction of sp³-hybridized carbons (Fsp3) is 0.333. The lowest BCUT2D eigenvalue weighted by Crippen LogP contribution is -2.33. The van der Waals surface area contributed by atoms with E-state index < -0.39 is 5.82 Å². The van der Waals surface area contributed by atoms with Crippen molar-refractivity contribution in [2.45, 2.75) is 20.0 Å². The number of nitriles is 1. The summed E-state index contributed by atoms with van der Waals surface area (Å²) in [5, 5.41) is 12.5. The third-order valence-electron chi connectivity index (χ3n) is 3.26. The van der Waals surface area contributed by atoms with Gasteiger partial charge in [-0.1, -0.05) is 6.07 Å². The van der Waals surface area contributed by atoms with Crippen molar-refractivity contribution < 1.29 is 13.9 Å². The van der Waals surface area contributed by atoms with Crippen LogP contribution in [0.5, 0.6) is 5.75 Å². The zero-order valence-electron chi connectivity index (χ0n) is 12.9. The Labute approximate surface area is 132 Å². The monoisotopic (exact) mass is 317 g/mol. The van der Waals surface area contributed by atoms with E-state index in [0.29, 0.717) is 12.1 Å². The lowest BCUT2D eigenvalue weighted by Gasteiger charge is -2.21. The molecule has 1 aromatic heterocycles. The zero-order valence-corrected chi connectivity index (χ0v) is 12.9. The van der Waals surface area contributed by atoms with E-state index in [0.717, 1.165) is 0 Å². The van der Waals surface area contributed by atoms with Gasteiger partial charge in [-0.05, 0) is 24.6 Å². The van der Waals surface area contributed by atoms with Gasteiger partial charge in [-0.15, -0.1) is 5.10 Å². The second kappa shape index (κ2) is 7.35. The summed E-state index contributed by atoms with van der Waals surface area (Å²) in [4.78, 5) is 17.6. The van der Waals surface area contributed by atoms with Crippen molar-refractivity contribution in [1.82, 2.24) is 19.7 Å². The van der Waals surface area contributed by atoms with Crippen molar-refractivity contribution in [2.75, 3.05) is 13.7 Å². The van der Waals surface area contributed by atoms with Gasteiger partial charge in [0.1, 0.15) is 18.9 Å². The van der Waals surface area contributed by atoms with Crippen LogP contribution in [0.4, 0.5) is 4.39 Å². The standard InChI is InChI=1S/C15H16FN5O2/c1-3-20(8-11-4-5-13(23-2)12(16)6-11)15(22)9-21-10-18-14(7-17)19-21/h4-6,10H,3,8-9H2,1-2H3. The number of amides is 1. The van der Waals surface area contributed by atoms with Gasteiger partial charge in [0.25, 0.3) is 5.82 Å². The number of carbonyl (C=O) groups is 1. The smallest absolute Gasteiger partial charge is 0.252 e. The van der Waals surface area contributed by atoms with Gasteiger partial charge in [-0.3, -0.25) is 4.79 Å². The van der Waals surface area contributed by atoms with E-state index in [4.69, 9.17) is 10.00 Å². The second-order valence-corrected chi connectivity index (χ2v) is 4.75. The molecule has 0 unspecified atom stereocenters. The fourth-order valence-corrected chi connectivity index (χ4v) is 2.07. The molecule has 0 spiro atoms. The highest BCUT2D eigenvalue weighted by molar-refractivity contribution is 5.75. The van der Waals surface area contributed by atoms with Crippen molar-refractivity contribution in [1.29, 1.82) is 5.26 Å². The van der Waals surface area contributed by atoms with E-state index in [1.54, 1.807) is 17.0 Å². The number of hydrogen-bond acceptors (Lipinski definition) is 5. The lowest BCUT2D eigenvalue weighted by atomic mass is 10.2. The van der Waals surface area contributed by atoms with Crippen molar-refractivity contribution in [3.8, 4) is 11.8 Å². The van der Waals surface area contributed by atoms with Gasteiger partial charge >= 0.3 is 0 Å². The minimum atomic E-state index is -0.469. The minimum absolute atomic E-state index is 0.0121. The van der Waals surface area contributed by atoms with E-state index in [9.17, 15) is 9.18 Å². The fourth-order valence-electron chi connectivity index (χ4n) is 2.07. The van der Waals surface area contributed by atoms with Crippen LogP contribution in [0, 0.1) is 17.1 Å². The van der Waals surface area contributed by atoms with E-state index >= 15 is 0 Å². The number of methoxy groups -OCH3 is 1. The number of hydrogen-bond donors (Lipinski definition) is 0. The first-order chi connectivity index (χ1) is 11.1. The van der Waals surface area contributed by atoms with Gasteiger partial charge in [0, 0.05) is 13.1 Å². The molecule has 0 aliphatic carbocycles. The normalized spacial score (nSPS) is 10.2. The highest BCUT2D eigenvalue weighted by Crippen LogP contribution is 2.18. The minimum Gasteiger partial charge on any atom is -0.494 e. The molecule has 1 aromatic carbocycles. The molecule has 120 valence electrons. The van der Waals surface area contributed by atoms with E-state index in [1.165, 1.54) is 30.3 Å². The number of carbonyl (C=O) groups excluding carboxylic acids is 1. The van der Waals surface area contributed by atoms with Crippen molar-refractivity contribution in [3.05, 3.63) is 41.7 Å². The maximum Gasteiger partial charge on any atom is 0.252 e. The Bertz CT molecular complexity index is 738. The molecule has 0 aliphatic rings. The van der Waals surface area contributed by atoms with E-state index in [2.05, 4.69) is 10.1 Å². The maximum atomic E-state index is 13.7. The topological polar surface area (TPSA) is 84.0 Å². The van der Waals surface area contributed by atoms with Gasteiger partial charge in [0.15, 0.2) is 11.6 Å². The van der Waals surface area contributed by atoms with Gasteiger partial charge < -0.3 is 9.64 Å². The molecule has 0 saturated heterocycles. The zero-order chi connectivity index (χ0) is 16.8. The van der Waals surface area contributed by atoms with Gasteiger partial charge in [-0.2, -0.15) is 5.26 Å². The molecule has 23 heavy (non-hydrogen) atoms. The van der Waals surface area contributed by atoms with Crippen LogP contribution in [0.3, 0.4) is 0 Å². The molecule has 0 atom stereocenters. The Morgan fingerprint density at radius 1 is 1.52 bits per heavy atom. The van der Waals surface area contributed by atoms with Gasteiger partial charge in [0.2, 0.25) is 5.91 Å². The van der Waals surface area contributed by atoms with Crippen LogP contribution in [-0.2, 0) is 17.9 Å². The summed E-state index contributed by atoms with van der Waals surface area (Å²) >= 11 is 0. The van der Waals surface area contributed by atoms with Crippen molar-refractivity contribution in [2.24, 2.45) is 0 Å².